The highest BCUT2D eigenvalue weighted by Crippen LogP contribution is 2.30. The standard InChI is InChI=1S/C22H20BrNO2/c23-20-15-19(18-9-5-2-6-10-18)11-12-21(20)26-16-22(25)24-14-13-17-7-3-1-4-8-17/h1-12,15H,13-14,16H2,(H,24,25). The molecule has 0 aliphatic rings. The van der Waals surface area contributed by atoms with Gasteiger partial charge in [0.15, 0.2) is 6.61 Å². The van der Waals surface area contributed by atoms with E-state index in [9.17, 15) is 4.79 Å². The Morgan fingerprint density at radius 1 is 0.885 bits per heavy atom. The minimum atomic E-state index is -0.125. The van der Waals surface area contributed by atoms with Gasteiger partial charge < -0.3 is 10.1 Å². The molecule has 1 N–H and O–H groups in total. The molecule has 0 aliphatic heterocycles. The summed E-state index contributed by atoms with van der Waals surface area (Å²) in [6.07, 6.45) is 0.808. The number of hydrogen-bond donors (Lipinski definition) is 1. The van der Waals surface area contributed by atoms with Crippen molar-refractivity contribution in [2.24, 2.45) is 0 Å². The smallest absolute Gasteiger partial charge is 0.257 e. The van der Waals surface area contributed by atoms with Gasteiger partial charge in [0.25, 0.3) is 5.91 Å². The van der Waals surface area contributed by atoms with Gasteiger partial charge in [0.05, 0.1) is 4.47 Å². The van der Waals surface area contributed by atoms with Crippen LogP contribution in [0.15, 0.2) is 83.3 Å². The van der Waals surface area contributed by atoms with Gasteiger partial charge in [-0.2, -0.15) is 0 Å². The van der Waals surface area contributed by atoms with Crippen molar-refractivity contribution in [3.8, 4) is 16.9 Å². The fraction of sp³-hybridized carbons (Fsp3) is 0.136. The summed E-state index contributed by atoms with van der Waals surface area (Å²) in [6, 6.07) is 26.1. The van der Waals surface area contributed by atoms with Crippen molar-refractivity contribution in [2.45, 2.75) is 6.42 Å². The Hall–Kier alpha value is -2.59. The van der Waals surface area contributed by atoms with E-state index in [0.29, 0.717) is 12.3 Å². The van der Waals surface area contributed by atoms with E-state index in [1.165, 1.54) is 5.56 Å². The average molecular weight is 410 g/mol. The van der Waals surface area contributed by atoms with Crippen molar-refractivity contribution in [2.75, 3.05) is 13.2 Å². The Labute approximate surface area is 162 Å². The van der Waals surface area contributed by atoms with E-state index in [4.69, 9.17) is 4.74 Å². The minimum absolute atomic E-state index is 0.00191. The number of carbonyl (C=O) groups excluding carboxylic acids is 1. The molecule has 0 fully saturated rings. The predicted octanol–water partition coefficient (Wildman–Crippen LogP) is 4.85. The summed E-state index contributed by atoms with van der Waals surface area (Å²) in [4.78, 5) is 12.0. The maximum absolute atomic E-state index is 12.0. The first-order valence-corrected chi connectivity index (χ1v) is 9.30. The maximum atomic E-state index is 12.0. The Kier molecular flexibility index (Phi) is 6.45. The molecule has 0 spiro atoms. The zero-order chi connectivity index (χ0) is 18.2. The highest BCUT2D eigenvalue weighted by atomic mass is 79.9. The molecule has 0 aromatic heterocycles. The average Bonchev–Trinajstić information content (AvgIpc) is 2.68. The second kappa shape index (κ2) is 9.20. The van der Waals surface area contributed by atoms with Gasteiger partial charge in [0.1, 0.15) is 5.75 Å². The molecule has 3 nitrogen and oxygen atoms in total. The first-order valence-electron chi connectivity index (χ1n) is 8.51. The Balaban J connectivity index is 1.49. The third-order valence-corrected chi connectivity index (χ3v) is 4.60. The summed E-state index contributed by atoms with van der Waals surface area (Å²) >= 11 is 3.52. The zero-order valence-corrected chi connectivity index (χ0v) is 15.9. The van der Waals surface area contributed by atoms with Crippen LogP contribution in [0.4, 0.5) is 0 Å². The lowest BCUT2D eigenvalue weighted by molar-refractivity contribution is -0.123. The predicted molar refractivity (Wildman–Crippen MR) is 108 cm³/mol. The first-order chi connectivity index (χ1) is 12.7. The number of ether oxygens (including phenoxy) is 1. The van der Waals surface area contributed by atoms with Crippen LogP contribution in [-0.4, -0.2) is 19.1 Å². The third-order valence-electron chi connectivity index (χ3n) is 3.98. The molecule has 3 aromatic rings. The van der Waals surface area contributed by atoms with Crippen molar-refractivity contribution < 1.29 is 9.53 Å². The number of benzene rings is 3. The van der Waals surface area contributed by atoms with Crippen LogP contribution >= 0.6 is 15.9 Å². The minimum Gasteiger partial charge on any atom is -0.483 e. The fourth-order valence-corrected chi connectivity index (χ4v) is 3.11. The highest BCUT2D eigenvalue weighted by Gasteiger charge is 2.07. The Bertz CT molecular complexity index is 851. The maximum Gasteiger partial charge on any atom is 0.257 e. The van der Waals surface area contributed by atoms with Crippen molar-refractivity contribution in [3.05, 3.63) is 88.9 Å². The van der Waals surface area contributed by atoms with Crippen molar-refractivity contribution >= 4 is 21.8 Å². The molecule has 0 atom stereocenters. The van der Waals surface area contributed by atoms with Gasteiger partial charge in [0.2, 0.25) is 0 Å². The van der Waals surface area contributed by atoms with E-state index in [2.05, 4.69) is 33.4 Å². The van der Waals surface area contributed by atoms with E-state index in [1.54, 1.807) is 0 Å². The summed E-state index contributed by atoms with van der Waals surface area (Å²) in [5, 5.41) is 2.88. The van der Waals surface area contributed by atoms with E-state index in [-0.39, 0.29) is 12.5 Å². The molecule has 0 aliphatic carbocycles. The molecule has 0 saturated carbocycles. The number of nitrogens with one attached hydrogen (secondary N) is 1. The molecular formula is C22H20BrNO2. The molecule has 0 heterocycles. The summed E-state index contributed by atoms with van der Waals surface area (Å²) in [5.41, 5.74) is 3.43. The van der Waals surface area contributed by atoms with Gasteiger partial charge in [0, 0.05) is 6.54 Å². The lowest BCUT2D eigenvalue weighted by Crippen LogP contribution is -2.30. The number of rotatable bonds is 7. The topological polar surface area (TPSA) is 38.3 Å². The molecule has 0 unspecified atom stereocenters. The number of amides is 1. The third kappa shape index (κ3) is 5.20. The second-order valence-corrected chi connectivity index (χ2v) is 6.74. The Morgan fingerprint density at radius 2 is 1.58 bits per heavy atom. The SMILES string of the molecule is O=C(COc1ccc(-c2ccccc2)cc1Br)NCCc1ccccc1. The number of halogens is 1. The van der Waals surface area contributed by atoms with E-state index < -0.39 is 0 Å². The Morgan fingerprint density at radius 3 is 2.27 bits per heavy atom. The van der Waals surface area contributed by atoms with Gasteiger partial charge in [-0.1, -0.05) is 66.7 Å². The van der Waals surface area contributed by atoms with Crippen LogP contribution in [0.5, 0.6) is 5.75 Å². The van der Waals surface area contributed by atoms with Gasteiger partial charge in [-0.3, -0.25) is 4.79 Å². The molecule has 0 radical (unpaired) electrons. The second-order valence-electron chi connectivity index (χ2n) is 5.89. The van der Waals surface area contributed by atoms with Crippen LogP contribution in [0.1, 0.15) is 5.56 Å². The van der Waals surface area contributed by atoms with Crippen LogP contribution in [0.25, 0.3) is 11.1 Å². The quantitative estimate of drug-likeness (QED) is 0.605. The van der Waals surface area contributed by atoms with E-state index in [1.807, 2.05) is 66.7 Å². The molecule has 0 saturated heterocycles. The van der Waals surface area contributed by atoms with Crippen molar-refractivity contribution in [1.82, 2.24) is 5.32 Å². The monoisotopic (exact) mass is 409 g/mol. The highest BCUT2D eigenvalue weighted by molar-refractivity contribution is 9.10. The largest absolute Gasteiger partial charge is 0.483 e. The fourth-order valence-electron chi connectivity index (χ4n) is 2.61. The van der Waals surface area contributed by atoms with Crippen molar-refractivity contribution in [1.29, 1.82) is 0 Å². The van der Waals surface area contributed by atoms with E-state index in [0.717, 1.165) is 22.0 Å². The van der Waals surface area contributed by atoms with Crippen molar-refractivity contribution in [3.63, 3.8) is 0 Å². The van der Waals surface area contributed by atoms with Crippen LogP contribution in [0.3, 0.4) is 0 Å². The van der Waals surface area contributed by atoms with E-state index >= 15 is 0 Å². The molecule has 132 valence electrons. The normalized spacial score (nSPS) is 10.3. The zero-order valence-electron chi connectivity index (χ0n) is 14.3. The molecule has 26 heavy (non-hydrogen) atoms. The van der Waals surface area contributed by atoms with Crippen LogP contribution < -0.4 is 10.1 Å². The van der Waals surface area contributed by atoms with Gasteiger partial charge in [-0.15, -0.1) is 0 Å². The lowest BCUT2D eigenvalue weighted by atomic mass is 10.1. The molecular weight excluding hydrogens is 390 g/mol. The summed E-state index contributed by atoms with van der Waals surface area (Å²) in [7, 11) is 0. The summed E-state index contributed by atoms with van der Waals surface area (Å²) in [5.74, 6) is 0.530. The molecule has 3 aromatic carbocycles. The molecule has 4 heteroatoms. The van der Waals surface area contributed by atoms with Gasteiger partial charge in [-0.25, -0.2) is 0 Å². The van der Waals surface area contributed by atoms with Crippen LogP contribution in [0, 0.1) is 0 Å². The number of carbonyl (C=O) groups is 1. The molecule has 3 rings (SSSR count). The van der Waals surface area contributed by atoms with Crippen LogP contribution in [0.2, 0.25) is 0 Å². The lowest BCUT2D eigenvalue weighted by Gasteiger charge is -2.10. The van der Waals surface area contributed by atoms with Gasteiger partial charge >= 0.3 is 0 Å². The summed E-state index contributed by atoms with van der Waals surface area (Å²) < 4.78 is 6.46. The van der Waals surface area contributed by atoms with Gasteiger partial charge in [-0.05, 0) is 51.2 Å². The molecule has 1 amide bonds. The summed E-state index contributed by atoms with van der Waals surface area (Å²) in [6.45, 7) is 0.596. The first kappa shape index (κ1) is 18.2. The number of hydrogen-bond acceptors (Lipinski definition) is 2. The van der Waals surface area contributed by atoms with Crippen LogP contribution in [-0.2, 0) is 11.2 Å². The molecule has 0 bridgehead atoms.